The molecule has 2 heterocycles. The van der Waals surface area contributed by atoms with Crippen molar-refractivity contribution in [1.82, 2.24) is 19.5 Å². The number of hydrogen-bond donors (Lipinski definition) is 7. The van der Waals surface area contributed by atoms with Crippen LogP contribution in [0.3, 0.4) is 0 Å². The molecule has 0 aliphatic rings. The van der Waals surface area contributed by atoms with Crippen molar-refractivity contribution in [3.8, 4) is 5.75 Å². The molecule has 0 bridgehead atoms. The molecule has 0 radical (unpaired) electrons. The smallest absolute Gasteiger partial charge is 0.368 e. The average Bonchev–Trinajstić information content (AvgIpc) is 3.28. The van der Waals surface area contributed by atoms with E-state index >= 15 is 0 Å². The van der Waals surface area contributed by atoms with Gasteiger partial charge in [0.2, 0.25) is 11.0 Å². The van der Waals surface area contributed by atoms with E-state index in [-0.39, 0.29) is 30.4 Å². The Balaban J connectivity index is 1.64. The van der Waals surface area contributed by atoms with Crippen LogP contribution in [0.5, 0.6) is 5.75 Å². The molecule has 37 heavy (non-hydrogen) atoms. The molecule has 0 saturated carbocycles. The average molecular weight is 548 g/mol. The summed E-state index contributed by atoms with van der Waals surface area (Å²) in [5.41, 5.74) is 2.18. The zero-order valence-corrected chi connectivity index (χ0v) is 21.4. The molecule has 4 rings (SSSR count). The Morgan fingerprint density at radius 2 is 1.86 bits per heavy atom. The van der Waals surface area contributed by atoms with Crippen molar-refractivity contribution >= 4 is 44.7 Å². The maximum absolute atomic E-state index is 11.7. The molecule has 4 aromatic rings. The highest BCUT2D eigenvalue weighted by Crippen LogP contribution is 2.61. The van der Waals surface area contributed by atoms with E-state index in [1.165, 1.54) is 24.3 Å². The van der Waals surface area contributed by atoms with Gasteiger partial charge < -0.3 is 44.9 Å². The summed E-state index contributed by atoms with van der Waals surface area (Å²) in [6.07, 6.45) is 2.22. The molecule has 13 nitrogen and oxygen atoms in total. The second-order valence-corrected chi connectivity index (χ2v) is 11.5. The van der Waals surface area contributed by atoms with Gasteiger partial charge in [0.1, 0.15) is 14.2 Å². The monoisotopic (exact) mass is 548 g/mol. The third kappa shape index (κ3) is 5.83. The number of aromatic hydroxyl groups is 1. The van der Waals surface area contributed by atoms with Gasteiger partial charge in [0.05, 0.1) is 12.9 Å². The number of rotatable bonds is 11. The first kappa shape index (κ1) is 26.7. The Morgan fingerprint density at radius 1 is 1.11 bits per heavy atom. The lowest BCUT2D eigenvalue weighted by Gasteiger charge is -2.23. The van der Waals surface area contributed by atoms with Crippen LogP contribution in [-0.4, -0.2) is 57.8 Å². The molecule has 2 aromatic carbocycles. The molecule has 2 unspecified atom stereocenters. The van der Waals surface area contributed by atoms with Gasteiger partial charge in [-0.3, -0.25) is 4.57 Å². The number of benzene rings is 2. The Hall–Kier alpha value is -3.31. The number of aryl methyl sites for hydroxylation is 2. The SMILES string of the molecule is O=[PH2]C(O)(c1ccc(Nc2nc(NCCO)nc3c2ncn3CCc2cccc(O)c2)cc1)P(=O)(O)O. The Kier molecular flexibility index (Phi) is 7.93. The summed E-state index contributed by atoms with van der Waals surface area (Å²) in [6.45, 7) is 0.602. The zero-order valence-electron chi connectivity index (χ0n) is 19.4. The fourth-order valence-corrected chi connectivity index (χ4v) is 5.01. The molecule has 196 valence electrons. The summed E-state index contributed by atoms with van der Waals surface area (Å²) >= 11 is 0. The number of aliphatic hydroxyl groups is 2. The van der Waals surface area contributed by atoms with Crippen LogP contribution in [0.1, 0.15) is 11.1 Å². The highest BCUT2D eigenvalue weighted by Gasteiger charge is 2.46. The number of aliphatic hydroxyl groups excluding tert-OH is 1. The maximum Gasteiger partial charge on any atom is 0.368 e. The van der Waals surface area contributed by atoms with E-state index in [0.29, 0.717) is 35.6 Å². The molecule has 2 atom stereocenters. The minimum absolute atomic E-state index is 0.132. The molecule has 0 aliphatic heterocycles. The van der Waals surface area contributed by atoms with Gasteiger partial charge in [-0.25, -0.2) is 4.98 Å². The Labute approximate surface area is 212 Å². The summed E-state index contributed by atoms with van der Waals surface area (Å²) in [6, 6.07) is 12.4. The zero-order chi connectivity index (χ0) is 26.6. The number of phenolic OH excluding ortho intramolecular Hbond substituents is 1. The van der Waals surface area contributed by atoms with Crippen molar-refractivity contribution in [3.05, 3.63) is 66.0 Å². The minimum atomic E-state index is -5.09. The van der Waals surface area contributed by atoms with Crippen LogP contribution in [0.15, 0.2) is 54.9 Å². The lowest BCUT2D eigenvalue weighted by molar-refractivity contribution is 0.168. The van der Waals surface area contributed by atoms with Gasteiger partial charge in [0, 0.05) is 24.3 Å². The highest BCUT2D eigenvalue weighted by molar-refractivity contribution is 7.62. The Bertz CT molecular complexity index is 1460. The second-order valence-electron chi connectivity index (χ2n) is 8.17. The molecule has 7 N–H and O–H groups in total. The van der Waals surface area contributed by atoms with Gasteiger partial charge in [-0.15, -0.1) is 0 Å². The highest BCUT2D eigenvalue weighted by atomic mass is 31.2. The van der Waals surface area contributed by atoms with E-state index in [4.69, 9.17) is 0 Å². The van der Waals surface area contributed by atoms with E-state index in [0.717, 1.165) is 5.56 Å². The molecule has 0 fully saturated rings. The number of nitrogens with one attached hydrogen (secondary N) is 2. The minimum Gasteiger partial charge on any atom is -0.508 e. The number of anilines is 3. The van der Waals surface area contributed by atoms with Gasteiger partial charge >= 0.3 is 7.60 Å². The fraction of sp³-hybridized carbons (Fsp3) is 0.227. The van der Waals surface area contributed by atoms with Gasteiger partial charge in [-0.2, -0.15) is 9.97 Å². The molecule has 15 heteroatoms. The van der Waals surface area contributed by atoms with E-state index in [9.17, 15) is 34.2 Å². The number of aromatic nitrogens is 4. The van der Waals surface area contributed by atoms with Crippen LogP contribution in [0.2, 0.25) is 0 Å². The van der Waals surface area contributed by atoms with Crippen molar-refractivity contribution < 1.29 is 34.2 Å². The number of phenols is 1. The fourth-order valence-electron chi connectivity index (χ4n) is 3.64. The van der Waals surface area contributed by atoms with Crippen LogP contribution in [0.25, 0.3) is 11.2 Å². The van der Waals surface area contributed by atoms with Gasteiger partial charge in [0.15, 0.2) is 17.0 Å². The number of hydrogen-bond acceptors (Lipinski definition) is 10. The predicted molar refractivity (Wildman–Crippen MR) is 139 cm³/mol. The van der Waals surface area contributed by atoms with E-state index in [2.05, 4.69) is 25.6 Å². The van der Waals surface area contributed by atoms with Crippen LogP contribution in [0.4, 0.5) is 17.5 Å². The van der Waals surface area contributed by atoms with Crippen LogP contribution < -0.4 is 10.6 Å². The van der Waals surface area contributed by atoms with Crippen molar-refractivity contribution in [1.29, 1.82) is 0 Å². The van der Waals surface area contributed by atoms with E-state index < -0.39 is 21.1 Å². The molecule has 0 amide bonds. The summed E-state index contributed by atoms with van der Waals surface area (Å²) in [5, 5.41) is 32.5. The van der Waals surface area contributed by atoms with Crippen molar-refractivity contribution in [2.24, 2.45) is 0 Å². The first-order valence-electron chi connectivity index (χ1n) is 11.1. The largest absolute Gasteiger partial charge is 0.508 e. The van der Waals surface area contributed by atoms with Gasteiger partial charge in [0.25, 0.3) is 0 Å². The molecular formula is C22H26N6O7P2. The van der Waals surface area contributed by atoms with E-state index in [1.807, 2.05) is 10.6 Å². The number of nitrogens with zero attached hydrogens (tertiary/aromatic N) is 4. The summed E-state index contributed by atoms with van der Waals surface area (Å²) in [7, 11) is -7.31. The van der Waals surface area contributed by atoms with Crippen molar-refractivity contribution in [3.63, 3.8) is 0 Å². The summed E-state index contributed by atoms with van der Waals surface area (Å²) < 4.78 is 25.0. The number of imidazole rings is 1. The summed E-state index contributed by atoms with van der Waals surface area (Å²) in [4.78, 5) is 32.3. The standard InChI is InChI=1S/C22H26N6O7P2/c29-11-9-23-21-26-19(25-16-6-4-15(5-7-16)22(31,36-32)37(33,34)35)18-20(27-21)28(13-24-18)10-8-14-2-1-3-17(30)12-14/h1-7,12-13,29-31H,8-11,36H2,(H2,33,34,35)(H2,23,25,26,27). The van der Waals surface area contributed by atoms with Crippen molar-refractivity contribution in [2.45, 2.75) is 18.0 Å². The maximum atomic E-state index is 11.7. The van der Waals surface area contributed by atoms with Crippen LogP contribution >= 0.6 is 16.1 Å². The van der Waals surface area contributed by atoms with Crippen LogP contribution in [0, 0.1) is 0 Å². The topological polar surface area (TPSA) is 203 Å². The van der Waals surface area contributed by atoms with Gasteiger partial charge in [-0.05, 0) is 36.2 Å². The second kappa shape index (κ2) is 11.0. The normalized spacial score (nSPS) is 13.7. The van der Waals surface area contributed by atoms with Gasteiger partial charge in [-0.1, -0.05) is 24.3 Å². The number of fused-ring (bicyclic) bond motifs is 1. The quantitative estimate of drug-likeness (QED) is 0.134. The summed E-state index contributed by atoms with van der Waals surface area (Å²) in [5.74, 6) is 0.749. The van der Waals surface area contributed by atoms with Crippen LogP contribution in [-0.2, 0) is 27.2 Å². The predicted octanol–water partition coefficient (Wildman–Crippen LogP) is 1.96. The molecule has 0 aliphatic carbocycles. The molecule has 2 aromatic heterocycles. The third-order valence-electron chi connectivity index (χ3n) is 5.59. The van der Waals surface area contributed by atoms with Crippen molar-refractivity contribution in [2.75, 3.05) is 23.8 Å². The molecular weight excluding hydrogens is 522 g/mol. The Morgan fingerprint density at radius 3 is 2.51 bits per heavy atom. The third-order valence-corrected chi connectivity index (χ3v) is 8.73. The molecule has 0 saturated heterocycles. The lowest BCUT2D eigenvalue weighted by Crippen LogP contribution is -2.18. The van der Waals surface area contributed by atoms with E-state index in [1.54, 1.807) is 24.5 Å². The lowest BCUT2D eigenvalue weighted by atomic mass is 10.1. The first-order valence-corrected chi connectivity index (χ1v) is 13.8. The first-order chi connectivity index (χ1) is 17.6. The molecule has 0 spiro atoms.